The average Bonchev–Trinajstić information content (AvgIpc) is 2.50. The maximum atomic E-state index is 12.5. The van der Waals surface area contributed by atoms with Gasteiger partial charge in [0.1, 0.15) is 0 Å². The van der Waals surface area contributed by atoms with Gasteiger partial charge in [-0.3, -0.25) is 9.69 Å². The highest BCUT2D eigenvalue weighted by Gasteiger charge is 2.29. The zero-order valence-electron chi connectivity index (χ0n) is 12.0. The lowest BCUT2D eigenvalue weighted by atomic mass is 10.3. The molecular formula is C13H16Cl2N2O4S. The molecule has 1 aliphatic rings. The molecular weight excluding hydrogens is 351 g/mol. The number of piperazine rings is 1. The summed E-state index contributed by atoms with van der Waals surface area (Å²) in [6.07, 6.45) is 0. The van der Waals surface area contributed by atoms with E-state index in [0.717, 1.165) is 0 Å². The highest BCUT2D eigenvalue weighted by molar-refractivity contribution is 7.89. The molecule has 0 aromatic heterocycles. The number of benzene rings is 1. The monoisotopic (exact) mass is 366 g/mol. The maximum Gasteiger partial charge on any atom is 0.319 e. The Morgan fingerprint density at radius 1 is 1.18 bits per heavy atom. The van der Waals surface area contributed by atoms with Gasteiger partial charge in [-0.2, -0.15) is 4.31 Å². The molecule has 22 heavy (non-hydrogen) atoms. The Labute approximate surface area is 139 Å². The molecule has 122 valence electrons. The Bertz CT molecular complexity index is 658. The second kappa shape index (κ2) is 7.14. The Hall–Kier alpha value is -0.860. The van der Waals surface area contributed by atoms with E-state index in [2.05, 4.69) is 4.74 Å². The summed E-state index contributed by atoms with van der Waals surface area (Å²) in [7, 11) is -2.28. The SMILES string of the molecule is COC(=O)CN1CCN(S(=O)(=O)c2ccc(Cl)c(Cl)c2)CC1. The number of sulfonamides is 1. The standard InChI is InChI=1S/C13H16Cl2N2O4S/c1-21-13(18)9-16-4-6-17(7-5-16)22(19,20)10-2-3-11(14)12(15)8-10/h2-3,8H,4-7,9H2,1H3. The Morgan fingerprint density at radius 2 is 1.82 bits per heavy atom. The van der Waals surface area contributed by atoms with Crippen LogP contribution in [0.3, 0.4) is 0 Å². The van der Waals surface area contributed by atoms with Crippen LogP contribution in [-0.2, 0) is 19.6 Å². The highest BCUT2D eigenvalue weighted by atomic mass is 35.5. The Kier molecular flexibility index (Phi) is 5.68. The van der Waals surface area contributed by atoms with E-state index in [1.807, 2.05) is 4.90 Å². The predicted octanol–water partition coefficient (Wildman–Crippen LogP) is 1.47. The van der Waals surface area contributed by atoms with Crippen LogP contribution in [-0.4, -0.2) is 63.4 Å². The summed E-state index contributed by atoms with van der Waals surface area (Å²) in [5.74, 6) is -0.333. The third-order valence-electron chi connectivity index (χ3n) is 3.44. The van der Waals surface area contributed by atoms with Gasteiger partial charge < -0.3 is 4.74 Å². The number of carbonyl (C=O) groups excluding carboxylic acids is 1. The number of carbonyl (C=O) groups is 1. The van der Waals surface area contributed by atoms with Gasteiger partial charge in [-0.15, -0.1) is 0 Å². The lowest BCUT2D eigenvalue weighted by Crippen LogP contribution is -2.49. The fraction of sp³-hybridized carbons (Fsp3) is 0.462. The van der Waals surface area contributed by atoms with E-state index in [-0.39, 0.29) is 22.4 Å². The summed E-state index contributed by atoms with van der Waals surface area (Å²) in [4.78, 5) is 13.2. The molecule has 1 heterocycles. The number of methoxy groups -OCH3 is 1. The highest BCUT2D eigenvalue weighted by Crippen LogP contribution is 2.26. The van der Waals surface area contributed by atoms with E-state index in [1.165, 1.54) is 29.6 Å². The number of rotatable bonds is 4. The van der Waals surface area contributed by atoms with Gasteiger partial charge in [0.05, 0.1) is 28.6 Å². The van der Waals surface area contributed by atoms with E-state index in [4.69, 9.17) is 23.2 Å². The largest absolute Gasteiger partial charge is 0.468 e. The van der Waals surface area contributed by atoms with Crippen LogP contribution in [0.25, 0.3) is 0 Å². The molecule has 0 aliphatic carbocycles. The minimum atomic E-state index is -3.61. The van der Waals surface area contributed by atoms with E-state index in [1.54, 1.807) is 0 Å². The average molecular weight is 367 g/mol. The fourth-order valence-electron chi connectivity index (χ4n) is 2.16. The third-order valence-corrected chi connectivity index (χ3v) is 6.07. The predicted molar refractivity (Wildman–Crippen MR) is 83.7 cm³/mol. The van der Waals surface area contributed by atoms with Crippen molar-refractivity contribution in [1.82, 2.24) is 9.21 Å². The van der Waals surface area contributed by atoms with Gasteiger partial charge in [0.25, 0.3) is 0 Å². The first-order valence-corrected chi connectivity index (χ1v) is 8.78. The first-order valence-electron chi connectivity index (χ1n) is 6.59. The summed E-state index contributed by atoms with van der Waals surface area (Å²) in [6, 6.07) is 4.24. The molecule has 1 aliphatic heterocycles. The molecule has 6 nitrogen and oxygen atoms in total. The molecule has 0 atom stereocenters. The summed E-state index contributed by atoms with van der Waals surface area (Å²) in [5.41, 5.74) is 0. The van der Waals surface area contributed by atoms with Crippen LogP contribution in [0, 0.1) is 0 Å². The number of ether oxygens (including phenoxy) is 1. The lowest BCUT2D eigenvalue weighted by Gasteiger charge is -2.33. The van der Waals surface area contributed by atoms with Crippen molar-refractivity contribution < 1.29 is 17.9 Å². The molecule has 1 aromatic carbocycles. The van der Waals surface area contributed by atoms with Gasteiger partial charge in [0.15, 0.2) is 0 Å². The molecule has 0 N–H and O–H groups in total. The van der Waals surface area contributed by atoms with E-state index in [0.29, 0.717) is 31.2 Å². The van der Waals surface area contributed by atoms with Gasteiger partial charge in [-0.25, -0.2) is 8.42 Å². The van der Waals surface area contributed by atoms with Crippen molar-refractivity contribution in [2.24, 2.45) is 0 Å². The summed E-state index contributed by atoms with van der Waals surface area (Å²) < 4.78 is 31.1. The van der Waals surface area contributed by atoms with E-state index in [9.17, 15) is 13.2 Å². The van der Waals surface area contributed by atoms with Crippen LogP contribution in [0.4, 0.5) is 0 Å². The van der Waals surface area contributed by atoms with Crippen LogP contribution in [0.2, 0.25) is 10.0 Å². The van der Waals surface area contributed by atoms with Crippen LogP contribution >= 0.6 is 23.2 Å². The van der Waals surface area contributed by atoms with Crippen LogP contribution in [0.5, 0.6) is 0 Å². The second-order valence-corrected chi connectivity index (χ2v) is 7.58. The molecule has 0 saturated carbocycles. The Morgan fingerprint density at radius 3 is 2.36 bits per heavy atom. The van der Waals surface area contributed by atoms with Crippen molar-refractivity contribution in [3.05, 3.63) is 28.2 Å². The smallest absolute Gasteiger partial charge is 0.319 e. The maximum absolute atomic E-state index is 12.5. The third kappa shape index (κ3) is 3.91. The molecule has 1 saturated heterocycles. The number of esters is 1. The quantitative estimate of drug-likeness (QED) is 0.754. The molecule has 0 unspecified atom stereocenters. The summed E-state index contributed by atoms with van der Waals surface area (Å²) in [5, 5.41) is 0.510. The number of hydrogen-bond donors (Lipinski definition) is 0. The van der Waals surface area contributed by atoms with Crippen molar-refractivity contribution in [1.29, 1.82) is 0 Å². The van der Waals surface area contributed by atoms with Crippen LogP contribution < -0.4 is 0 Å². The first-order chi connectivity index (χ1) is 10.3. The number of halogens is 2. The fourth-order valence-corrected chi connectivity index (χ4v) is 3.97. The van der Waals surface area contributed by atoms with Crippen molar-refractivity contribution in [2.75, 3.05) is 39.8 Å². The Balaban J connectivity index is 2.06. The van der Waals surface area contributed by atoms with Crippen molar-refractivity contribution in [3.63, 3.8) is 0 Å². The zero-order chi connectivity index (χ0) is 16.3. The lowest BCUT2D eigenvalue weighted by molar-refractivity contribution is -0.142. The normalized spacial score (nSPS) is 17.4. The molecule has 0 amide bonds. The first kappa shape index (κ1) is 17.5. The van der Waals surface area contributed by atoms with Gasteiger partial charge in [-0.05, 0) is 18.2 Å². The number of hydrogen-bond acceptors (Lipinski definition) is 5. The second-order valence-electron chi connectivity index (χ2n) is 4.83. The molecule has 9 heteroatoms. The zero-order valence-corrected chi connectivity index (χ0v) is 14.3. The van der Waals surface area contributed by atoms with Crippen molar-refractivity contribution in [3.8, 4) is 0 Å². The molecule has 1 fully saturated rings. The number of nitrogens with zero attached hydrogens (tertiary/aromatic N) is 2. The molecule has 2 rings (SSSR count). The summed E-state index contributed by atoms with van der Waals surface area (Å²) >= 11 is 11.7. The van der Waals surface area contributed by atoms with Gasteiger partial charge >= 0.3 is 5.97 Å². The van der Waals surface area contributed by atoms with Gasteiger partial charge in [0.2, 0.25) is 10.0 Å². The van der Waals surface area contributed by atoms with Crippen molar-refractivity contribution >= 4 is 39.2 Å². The van der Waals surface area contributed by atoms with Gasteiger partial charge in [0, 0.05) is 26.2 Å². The molecule has 0 radical (unpaired) electrons. The van der Waals surface area contributed by atoms with Crippen LogP contribution in [0.15, 0.2) is 23.1 Å². The van der Waals surface area contributed by atoms with E-state index < -0.39 is 10.0 Å². The molecule has 0 bridgehead atoms. The van der Waals surface area contributed by atoms with Gasteiger partial charge in [-0.1, -0.05) is 23.2 Å². The van der Waals surface area contributed by atoms with Crippen molar-refractivity contribution in [2.45, 2.75) is 4.90 Å². The van der Waals surface area contributed by atoms with Crippen LogP contribution in [0.1, 0.15) is 0 Å². The minimum Gasteiger partial charge on any atom is -0.468 e. The molecule has 1 aromatic rings. The topological polar surface area (TPSA) is 66.9 Å². The summed E-state index contributed by atoms with van der Waals surface area (Å²) in [6.45, 7) is 1.71. The molecule has 0 spiro atoms. The minimum absolute atomic E-state index is 0.114. The van der Waals surface area contributed by atoms with E-state index >= 15 is 0 Å².